The molecule has 0 aliphatic heterocycles. The summed E-state index contributed by atoms with van der Waals surface area (Å²) >= 11 is 4.11. The molecule has 0 fully saturated rings. The van der Waals surface area contributed by atoms with Crippen molar-refractivity contribution in [3.8, 4) is 0 Å². The van der Waals surface area contributed by atoms with Crippen molar-refractivity contribution >= 4 is 28.1 Å². The number of hydrogen-bond acceptors (Lipinski definition) is 4. The SMILES string of the molecule is Cc1ccnc2c(SS)cnn12. The Hall–Kier alpha value is -0.680. The second kappa shape index (κ2) is 2.99. The molecule has 0 aliphatic carbocycles. The molecule has 0 atom stereocenters. The fraction of sp³-hybridized carbons (Fsp3) is 0.143. The van der Waals surface area contributed by atoms with Crippen LogP contribution in [0, 0.1) is 6.92 Å². The van der Waals surface area contributed by atoms with Crippen LogP contribution in [0.5, 0.6) is 0 Å². The van der Waals surface area contributed by atoms with Gasteiger partial charge in [-0.05, 0) is 13.0 Å². The van der Waals surface area contributed by atoms with Gasteiger partial charge in [0.25, 0.3) is 0 Å². The molecule has 2 aromatic rings. The number of aromatic nitrogens is 3. The predicted molar refractivity (Wildman–Crippen MR) is 52.6 cm³/mol. The summed E-state index contributed by atoms with van der Waals surface area (Å²) in [5, 5.41) is 4.17. The van der Waals surface area contributed by atoms with E-state index in [0.717, 1.165) is 16.2 Å². The Labute approximate surface area is 79.0 Å². The summed E-state index contributed by atoms with van der Waals surface area (Å²) in [7, 11) is 1.36. The smallest absolute Gasteiger partial charge is 0.169 e. The molecule has 0 aromatic carbocycles. The van der Waals surface area contributed by atoms with Crippen LogP contribution in [0.1, 0.15) is 5.69 Å². The number of hydrogen-bond donors (Lipinski definition) is 1. The maximum Gasteiger partial charge on any atom is 0.169 e. The molecule has 0 N–H and O–H groups in total. The van der Waals surface area contributed by atoms with E-state index < -0.39 is 0 Å². The van der Waals surface area contributed by atoms with Crippen molar-refractivity contribution in [2.75, 3.05) is 0 Å². The summed E-state index contributed by atoms with van der Waals surface area (Å²) < 4.78 is 1.80. The third-order valence-electron chi connectivity index (χ3n) is 1.66. The standard InChI is InChI=1S/C7H7N3S2/c1-5-2-3-8-7-6(12-11)4-9-10(5)7/h2-4,11H,1H3. The maximum atomic E-state index is 4.20. The number of nitrogens with zero attached hydrogens (tertiary/aromatic N) is 3. The van der Waals surface area contributed by atoms with Gasteiger partial charge in [-0.15, -0.1) is 11.7 Å². The molecule has 62 valence electrons. The topological polar surface area (TPSA) is 30.2 Å². The van der Waals surface area contributed by atoms with Crippen LogP contribution < -0.4 is 0 Å². The Bertz CT molecular complexity index is 410. The van der Waals surface area contributed by atoms with Crippen molar-refractivity contribution in [2.45, 2.75) is 11.8 Å². The molecule has 12 heavy (non-hydrogen) atoms. The van der Waals surface area contributed by atoms with E-state index in [1.54, 1.807) is 16.9 Å². The lowest BCUT2D eigenvalue weighted by Gasteiger charge is -1.96. The highest BCUT2D eigenvalue weighted by molar-refractivity contribution is 8.68. The zero-order valence-electron chi connectivity index (χ0n) is 6.43. The van der Waals surface area contributed by atoms with E-state index in [-0.39, 0.29) is 0 Å². The van der Waals surface area contributed by atoms with Gasteiger partial charge < -0.3 is 0 Å². The zero-order valence-corrected chi connectivity index (χ0v) is 8.14. The van der Waals surface area contributed by atoms with E-state index in [1.807, 2.05) is 13.0 Å². The average Bonchev–Trinajstić information content (AvgIpc) is 2.49. The zero-order chi connectivity index (χ0) is 8.55. The van der Waals surface area contributed by atoms with Crippen LogP contribution in [0.3, 0.4) is 0 Å². The molecule has 0 bridgehead atoms. The molecule has 0 amide bonds. The van der Waals surface area contributed by atoms with Crippen LogP contribution >= 0.6 is 22.5 Å². The average molecular weight is 197 g/mol. The molecular formula is C7H7N3S2. The van der Waals surface area contributed by atoms with Crippen molar-refractivity contribution in [3.05, 3.63) is 24.2 Å². The lowest BCUT2D eigenvalue weighted by Crippen LogP contribution is -1.93. The molecule has 0 saturated heterocycles. The minimum Gasteiger partial charge on any atom is -0.236 e. The summed E-state index contributed by atoms with van der Waals surface area (Å²) in [6.07, 6.45) is 3.55. The first-order chi connectivity index (χ1) is 5.83. The number of rotatable bonds is 1. The van der Waals surface area contributed by atoms with Crippen molar-refractivity contribution in [2.24, 2.45) is 0 Å². The lowest BCUT2D eigenvalue weighted by atomic mass is 10.4. The molecule has 0 radical (unpaired) electrons. The summed E-state index contributed by atoms with van der Waals surface area (Å²) in [4.78, 5) is 5.19. The normalized spacial score (nSPS) is 10.8. The molecule has 5 heteroatoms. The maximum absolute atomic E-state index is 4.20. The van der Waals surface area contributed by atoms with E-state index in [0.29, 0.717) is 0 Å². The van der Waals surface area contributed by atoms with E-state index in [4.69, 9.17) is 0 Å². The van der Waals surface area contributed by atoms with Gasteiger partial charge in [0.1, 0.15) is 0 Å². The first-order valence-corrected chi connectivity index (χ1v) is 5.30. The first kappa shape index (κ1) is 7.94. The van der Waals surface area contributed by atoms with Gasteiger partial charge in [-0.1, -0.05) is 10.8 Å². The first-order valence-electron chi connectivity index (χ1n) is 3.43. The van der Waals surface area contributed by atoms with Crippen LogP contribution in [0.2, 0.25) is 0 Å². The highest BCUT2D eigenvalue weighted by atomic mass is 33.1. The molecule has 3 nitrogen and oxygen atoms in total. The van der Waals surface area contributed by atoms with Crippen LogP contribution in [-0.2, 0) is 0 Å². The minimum absolute atomic E-state index is 0.870. The highest BCUT2D eigenvalue weighted by Gasteiger charge is 2.04. The van der Waals surface area contributed by atoms with Gasteiger partial charge in [-0.25, -0.2) is 9.50 Å². The van der Waals surface area contributed by atoms with Crippen LogP contribution in [0.15, 0.2) is 23.4 Å². The van der Waals surface area contributed by atoms with Gasteiger partial charge in [0, 0.05) is 11.9 Å². The van der Waals surface area contributed by atoms with Gasteiger partial charge in [-0.2, -0.15) is 5.10 Å². The fourth-order valence-corrected chi connectivity index (χ4v) is 1.76. The third kappa shape index (κ3) is 1.09. The molecule has 0 saturated carbocycles. The van der Waals surface area contributed by atoms with Crippen LogP contribution in [-0.4, -0.2) is 14.6 Å². The monoisotopic (exact) mass is 197 g/mol. The van der Waals surface area contributed by atoms with E-state index in [1.165, 1.54) is 10.8 Å². The second-order valence-corrected chi connectivity index (χ2v) is 3.59. The molecule has 0 unspecified atom stereocenters. The van der Waals surface area contributed by atoms with Gasteiger partial charge in [0.05, 0.1) is 11.1 Å². The van der Waals surface area contributed by atoms with Crippen molar-refractivity contribution < 1.29 is 0 Å². The lowest BCUT2D eigenvalue weighted by molar-refractivity contribution is 0.894. The van der Waals surface area contributed by atoms with Crippen LogP contribution in [0.25, 0.3) is 5.65 Å². The Morgan fingerprint density at radius 1 is 1.58 bits per heavy atom. The molecule has 0 spiro atoms. The van der Waals surface area contributed by atoms with Crippen LogP contribution in [0.4, 0.5) is 0 Å². The minimum atomic E-state index is 0.870. The van der Waals surface area contributed by atoms with Crippen molar-refractivity contribution in [3.63, 3.8) is 0 Å². The Balaban J connectivity index is 2.80. The van der Waals surface area contributed by atoms with E-state index in [2.05, 4.69) is 21.7 Å². The van der Waals surface area contributed by atoms with Crippen molar-refractivity contribution in [1.82, 2.24) is 14.6 Å². The number of fused-ring (bicyclic) bond motifs is 1. The Morgan fingerprint density at radius 2 is 2.42 bits per heavy atom. The van der Waals surface area contributed by atoms with Gasteiger partial charge in [-0.3, -0.25) is 0 Å². The van der Waals surface area contributed by atoms with Gasteiger partial charge in [0.15, 0.2) is 5.65 Å². The van der Waals surface area contributed by atoms with E-state index >= 15 is 0 Å². The predicted octanol–water partition coefficient (Wildman–Crippen LogP) is 1.97. The molecule has 2 aromatic heterocycles. The summed E-state index contributed by atoms with van der Waals surface area (Å²) in [6, 6.07) is 1.92. The molecule has 2 heterocycles. The summed E-state index contributed by atoms with van der Waals surface area (Å²) in [6.45, 7) is 1.99. The molecular weight excluding hydrogens is 190 g/mol. The Morgan fingerprint density at radius 3 is 3.17 bits per heavy atom. The van der Waals surface area contributed by atoms with Crippen molar-refractivity contribution in [1.29, 1.82) is 0 Å². The quantitative estimate of drug-likeness (QED) is 0.560. The van der Waals surface area contributed by atoms with Gasteiger partial charge in [0.2, 0.25) is 0 Å². The fourth-order valence-electron chi connectivity index (χ4n) is 1.05. The Kier molecular flexibility index (Phi) is 1.98. The largest absolute Gasteiger partial charge is 0.236 e. The van der Waals surface area contributed by atoms with E-state index in [9.17, 15) is 0 Å². The third-order valence-corrected chi connectivity index (χ3v) is 2.73. The number of aryl methyl sites for hydroxylation is 1. The molecule has 2 rings (SSSR count). The summed E-state index contributed by atoms with van der Waals surface area (Å²) in [5.74, 6) is 0. The number of thiol groups is 1. The molecule has 0 aliphatic rings. The highest BCUT2D eigenvalue weighted by Crippen LogP contribution is 2.24. The second-order valence-electron chi connectivity index (χ2n) is 2.42. The van der Waals surface area contributed by atoms with Gasteiger partial charge >= 0.3 is 0 Å². The summed E-state index contributed by atoms with van der Waals surface area (Å²) in [5.41, 5.74) is 1.95.